The molecule has 0 bridgehead atoms. The van der Waals surface area contributed by atoms with Gasteiger partial charge in [0.15, 0.2) is 0 Å². The van der Waals surface area contributed by atoms with Gasteiger partial charge in [0.25, 0.3) is 0 Å². The fourth-order valence-corrected chi connectivity index (χ4v) is 1.87. The summed E-state index contributed by atoms with van der Waals surface area (Å²) in [6.07, 6.45) is 2.25. The van der Waals surface area contributed by atoms with Crippen molar-refractivity contribution in [2.75, 3.05) is 22.1 Å². The number of nitrogens with one attached hydrogen (secondary N) is 2. The van der Waals surface area contributed by atoms with Gasteiger partial charge in [0.1, 0.15) is 0 Å². The molecule has 2 amide bonds. The van der Waals surface area contributed by atoms with Crippen LogP contribution in [0.3, 0.4) is 0 Å². The Labute approximate surface area is 138 Å². The first-order valence-electron chi connectivity index (χ1n) is 6.64. The summed E-state index contributed by atoms with van der Waals surface area (Å²) in [5.41, 5.74) is 13.2. The summed E-state index contributed by atoms with van der Waals surface area (Å²) in [6.45, 7) is 0. The SMILES string of the molecule is Nc1ccc(NC(=O)/C=C\C(=O)Nc2ccc(N)c(Cl)c2)cc1. The Hall–Kier alpha value is -2.99. The van der Waals surface area contributed by atoms with Crippen molar-refractivity contribution in [3.63, 3.8) is 0 Å². The molecule has 0 atom stereocenters. The van der Waals surface area contributed by atoms with Gasteiger partial charge in [-0.3, -0.25) is 9.59 Å². The summed E-state index contributed by atoms with van der Waals surface area (Å²) in [5, 5.41) is 5.52. The lowest BCUT2D eigenvalue weighted by atomic mass is 10.2. The molecule has 0 aliphatic rings. The first kappa shape index (κ1) is 16.4. The predicted molar refractivity (Wildman–Crippen MR) is 93.1 cm³/mol. The number of hydrogen-bond acceptors (Lipinski definition) is 4. The van der Waals surface area contributed by atoms with Crippen LogP contribution in [-0.4, -0.2) is 11.8 Å². The smallest absolute Gasteiger partial charge is 0.248 e. The van der Waals surface area contributed by atoms with E-state index in [1.54, 1.807) is 36.4 Å². The molecule has 0 aliphatic heterocycles. The highest BCUT2D eigenvalue weighted by atomic mass is 35.5. The monoisotopic (exact) mass is 330 g/mol. The van der Waals surface area contributed by atoms with E-state index < -0.39 is 11.8 Å². The zero-order chi connectivity index (χ0) is 16.8. The topological polar surface area (TPSA) is 110 Å². The van der Waals surface area contributed by atoms with Crippen molar-refractivity contribution < 1.29 is 9.59 Å². The number of rotatable bonds is 4. The number of amides is 2. The molecule has 2 aromatic carbocycles. The second-order valence-electron chi connectivity index (χ2n) is 4.67. The fraction of sp³-hybridized carbons (Fsp3) is 0. The molecule has 0 unspecified atom stereocenters. The first-order valence-corrected chi connectivity index (χ1v) is 7.02. The molecular formula is C16H15ClN4O2. The van der Waals surface area contributed by atoms with Gasteiger partial charge in [-0.25, -0.2) is 0 Å². The molecule has 7 heteroatoms. The van der Waals surface area contributed by atoms with E-state index in [0.29, 0.717) is 27.8 Å². The molecule has 23 heavy (non-hydrogen) atoms. The number of halogens is 1. The van der Waals surface area contributed by atoms with Gasteiger partial charge in [0.2, 0.25) is 11.8 Å². The zero-order valence-electron chi connectivity index (χ0n) is 12.0. The predicted octanol–water partition coefficient (Wildman–Crippen LogP) is 2.64. The summed E-state index contributed by atoms with van der Waals surface area (Å²) in [4.78, 5) is 23.4. The van der Waals surface area contributed by atoms with Crippen molar-refractivity contribution in [1.82, 2.24) is 0 Å². The van der Waals surface area contributed by atoms with Gasteiger partial charge < -0.3 is 22.1 Å². The number of benzene rings is 2. The van der Waals surface area contributed by atoms with Crippen molar-refractivity contribution in [2.45, 2.75) is 0 Å². The number of hydrogen-bond donors (Lipinski definition) is 4. The van der Waals surface area contributed by atoms with Gasteiger partial charge >= 0.3 is 0 Å². The van der Waals surface area contributed by atoms with E-state index in [1.807, 2.05) is 0 Å². The summed E-state index contributed by atoms with van der Waals surface area (Å²) in [5.74, 6) is -0.890. The van der Waals surface area contributed by atoms with Crippen molar-refractivity contribution in [2.24, 2.45) is 0 Å². The summed E-state index contributed by atoms with van der Waals surface area (Å²) < 4.78 is 0. The van der Waals surface area contributed by atoms with Crippen LogP contribution in [0, 0.1) is 0 Å². The number of carbonyl (C=O) groups excluding carboxylic acids is 2. The van der Waals surface area contributed by atoms with Gasteiger partial charge in [-0.15, -0.1) is 0 Å². The average molecular weight is 331 g/mol. The highest BCUT2D eigenvalue weighted by Crippen LogP contribution is 2.22. The molecule has 6 nitrogen and oxygen atoms in total. The Morgan fingerprint density at radius 2 is 1.39 bits per heavy atom. The fourth-order valence-electron chi connectivity index (χ4n) is 1.69. The third-order valence-corrected chi connectivity index (χ3v) is 3.16. The van der Waals surface area contributed by atoms with Crippen LogP contribution in [0.1, 0.15) is 0 Å². The highest BCUT2D eigenvalue weighted by molar-refractivity contribution is 6.33. The molecule has 0 radical (unpaired) electrons. The van der Waals surface area contributed by atoms with Crippen LogP contribution in [-0.2, 0) is 9.59 Å². The normalized spacial score (nSPS) is 10.5. The molecule has 0 heterocycles. The molecule has 0 saturated heterocycles. The molecule has 0 spiro atoms. The Morgan fingerprint density at radius 3 is 1.96 bits per heavy atom. The standard InChI is InChI=1S/C16H15ClN4O2/c17-13-9-12(5-6-14(13)19)21-16(23)8-7-15(22)20-11-3-1-10(18)2-4-11/h1-9H,18-19H2,(H,20,22)(H,21,23)/b8-7-. The summed E-state index contributed by atoms with van der Waals surface area (Å²) >= 11 is 5.86. The van der Waals surface area contributed by atoms with Crippen LogP contribution in [0.2, 0.25) is 5.02 Å². The van der Waals surface area contributed by atoms with Gasteiger partial charge in [-0.05, 0) is 42.5 Å². The lowest BCUT2D eigenvalue weighted by Crippen LogP contribution is -2.12. The van der Waals surface area contributed by atoms with E-state index in [-0.39, 0.29) is 0 Å². The van der Waals surface area contributed by atoms with Crippen LogP contribution in [0.15, 0.2) is 54.6 Å². The lowest BCUT2D eigenvalue weighted by Gasteiger charge is -2.04. The maximum Gasteiger partial charge on any atom is 0.248 e. The molecule has 0 aromatic heterocycles. The summed E-state index contributed by atoms with van der Waals surface area (Å²) in [6, 6.07) is 11.4. The lowest BCUT2D eigenvalue weighted by molar-refractivity contribution is -0.114. The quantitative estimate of drug-likeness (QED) is 0.510. The molecule has 2 aromatic rings. The highest BCUT2D eigenvalue weighted by Gasteiger charge is 2.03. The van der Waals surface area contributed by atoms with E-state index in [9.17, 15) is 9.59 Å². The Kier molecular flexibility index (Phi) is 5.22. The van der Waals surface area contributed by atoms with Crippen LogP contribution < -0.4 is 22.1 Å². The second kappa shape index (κ2) is 7.33. The Balaban J connectivity index is 1.90. The van der Waals surface area contributed by atoms with Crippen LogP contribution in [0.25, 0.3) is 0 Å². The average Bonchev–Trinajstić information content (AvgIpc) is 2.51. The van der Waals surface area contributed by atoms with Crippen LogP contribution in [0.5, 0.6) is 0 Å². The molecule has 2 rings (SSSR count). The van der Waals surface area contributed by atoms with Crippen molar-refractivity contribution in [3.8, 4) is 0 Å². The van der Waals surface area contributed by atoms with Gasteiger partial charge in [0.05, 0.1) is 10.7 Å². The Bertz CT molecular complexity index is 757. The number of nitrogen functional groups attached to an aromatic ring is 2. The van der Waals surface area contributed by atoms with Crippen molar-refractivity contribution in [1.29, 1.82) is 0 Å². The van der Waals surface area contributed by atoms with E-state index in [2.05, 4.69) is 10.6 Å². The van der Waals surface area contributed by atoms with E-state index in [0.717, 1.165) is 12.2 Å². The third-order valence-electron chi connectivity index (χ3n) is 2.83. The summed E-state index contributed by atoms with van der Waals surface area (Å²) in [7, 11) is 0. The molecular weight excluding hydrogens is 316 g/mol. The van der Waals surface area contributed by atoms with Crippen LogP contribution >= 0.6 is 11.6 Å². The second-order valence-corrected chi connectivity index (χ2v) is 5.08. The van der Waals surface area contributed by atoms with E-state index in [1.165, 1.54) is 6.07 Å². The zero-order valence-corrected chi connectivity index (χ0v) is 12.8. The van der Waals surface area contributed by atoms with E-state index >= 15 is 0 Å². The molecule has 0 aliphatic carbocycles. The van der Waals surface area contributed by atoms with Gasteiger partial charge in [-0.2, -0.15) is 0 Å². The minimum Gasteiger partial charge on any atom is -0.399 e. The molecule has 0 fully saturated rings. The van der Waals surface area contributed by atoms with Crippen molar-refractivity contribution >= 4 is 46.2 Å². The molecule has 0 saturated carbocycles. The number of carbonyl (C=O) groups is 2. The number of nitrogens with two attached hydrogens (primary N) is 2. The van der Waals surface area contributed by atoms with Crippen LogP contribution in [0.4, 0.5) is 22.7 Å². The van der Waals surface area contributed by atoms with Gasteiger partial charge in [0, 0.05) is 29.2 Å². The third kappa shape index (κ3) is 5.05. The first-order chi connectivity index (χ1) is 10.9. The maximum absolute atomic E-state index is 11.7. The van der Waals surface area contributed by atoms with Crippen molar-refractivity contribution in [3.05, 3.63) is 59.6 Å². The largest absolute Gasteiger partial charge is 0.399 e. The Morgan fingerprint density at radius 1 is 0.870 bits per heavy atom. The molecule has 6 N–H and O–H groups in total. The maximum atomic E-state index is 11.7. The van der Waals surface area contributed by atoms with Gasteiger partial charge in [-0.1, -0.05) is 11.6 Å². The number of anilines is 4. The molecule has 118 valence electrons. The minimum atomic E-state index is -0.460. The van der Waals surface area contributed by atoms with E-state index in [4.69, 9.17) is 23.1 Å². The minimum absolute atomic E-state index is 0.341.